The van der Waals surface area contributed by atoms with Crippen molar-refractivity contribution < 1.29 is 4.74 Å². The maximum atomic E-state index is 5.33. The molecule has 0 N–H and O–H groups in total. The van der Waals surface area contributed by atoms with Crippen LogP contribution in [0.1, 0.15) is 0 Å². The summed E-state index contributed by atoms with van der Waals surface area (Å²) in [6, 6.07) is 7.79. The summed E-state index contributed by atoms with van der Waals surface area (Å²) < 4.78 is 6.17. The van der Waals surface area contributed by atoms with Gasteiger partial charge in [-0.1, -0.05) is 12.1 Å². The van der Waals surface area contributed by atoms with Gasteiger partial charge in [-0.25, -0.2) is 9.97 Å². The fourth-order valence-electron chi connectivity index (χ4n) is 1.57. The highest BCUT2D eigenvalue weighted by atomic mass is 79.9. The topological polar surface area (TPSA) is 38.2 Å². The van der Waals surface area contributed by atoms with Gasteiger partial charge in [0.15, 0.2) is 5.82 Å². The minimum Gasteiger partial charge on any atom is -0.495 e. The molecule has 0 fully saturated rings. The van der Waals surface area contributed by atoms with Gasteiger partial charge in [-0.05, 0) is 28.1 Å². The molecule has 0 aliphatic rings. The molecule has 4 nitrogen and oxygen atoms in total. The Kier molecular flexibility index (Phi) is 3.58. The van der Waals surface area contributed by atoms with Crippen LogP contribution in [-0.4, -0.2) is 24.1 Å². The van der Waals surface area contributed by atoms with Crippen LogP contribution in [0.4, 0.5) is 11.5 Å². The molecular formula is C12H12BrN3O. The maximum absolute atomic E-state index is 5.33. The van der Waals surface area contributed by atoms with Crippen LogP contribution in [0.2, 0.25) is 0 Å². The maximum Gasteiger partial charge on any atom is 0.150 e. The molecule has 2 aromatic rings. The molecule has 17 heavy (non-hydrogen) atoms. The second-order valence-electron chi connectivity index (χ2n) is 3.43. The van der Waals surface area contributed by atoms with Gasteiger partial charge in [-0.3, -0.25) is 0 Å². The average molecular weight is 294 g/mol. The van der Waals surface area contributed by atoms with Crippen molar-refractivity contribution in [2.45, 2.75) is 0 Å². The number of para-hydroxylation sites is 2. The molecule has 0 saturated heterocycles. The molecule has 0 radical (unpaired) electrons. The van der Waals surface area contributed by atoms with Crippen LogP contribution in [0.25, 0.3) is 0 Å². The van der Waals surface area contributed by atoms with Crippen LogP contribution in [-0.2, 0) is 0 Å². The number of anilines is 2. The van der Waals surface area contributed by atoms with Crippen molar-refractivity contribution in [1.29, 1.82) is 0 Å². The van der Waals surface area contributed by atoms with E-state index in [0.29, 0.717) is 0 Å². The summed E-state index contributed by atoms with van der Waals surface area (Å²) in [4.78, 5) is 10.1. The molecule has 0 saturated carbocycles. The number of hydrogen-bond acceptors (Lipinski definition) is 4. The number of nitrogens with zero attached hydrogens (tertiary/aromatic N) is 3. The molecule has 0 bridgehead atoms. The summed E-state index contributed by atoms with van der Waals surface area (Å²) >= 11 is 3.43. The van der Waals surface area contributed by atoms with Gasteiger partial charge in [-0.2, -0.15) is 0 Å². The molecule has 0 spiro atoms. The Balaban J connectivity index is 2.44. The summed E-state index contributed by atoms with van der Waals surface area (Å²) in [5.74, 6) is 1.60. The van der Waals surface area contributed by atoms with Gasteiger partial charge in [0.1, 0.15) is 12.1 Å². The first-order chi connectivity index (χ1) is 8.24. The molecule has 0 aliphatic heterocycles. The molecule has 0 unspecified atom stereocenters. The summed E-state index contributed by atoms with van der Waals surface area (Å²) in [5, 5.41) is 0. The molecule has 1 aromatic carbocycles. The van der Waals surface area contributed by atoms with E-state index in [2.05, 4.69) is 25.9 Å². The highest BCUT2D eigenvalue weighted by molar-refractivity contribution is 9.10. The van der Waals surface area contributed by atoms with Gasteiger partial charge < -0.3 is 9.64 Å². The first-order valence-corrected chi connectivity index (χ1v) is 5.85. The standard InChI is InChI=1S/C12H12BrN3O/c1-16(12-9(13)7-14-8-15-12)10-5-3-4-6-11(10)17-2/h3-8H,1-2H3. The molecule has 1 heterocycles. The highest BCUT2D eigenvalue weighted by Gasteiger charge is 2.12. The van der Waals surface area contributed by atoms with E-state index in [-0.39, 0.29) is 0 Å². The Morgan fingerprint density at radius 3 is 2.76 bits per heavy atom. The van der Waals surface area contributed by atoms with E-state index in [1.165, 1.54) is 6.33 Å². The quantitative estimate of drug-likeness (QED) is 0.872. The number of rotatable bonds is 3. The second-order valence-corrected chi connectivity index (χ2v) is 4.28. The molecule has 0 atom stereocenters. The van der Waals surface area contributed by atoms with Crippen molar-refractivity contribution in [2.75, 3.05) is 19.1 Å². The third-order valence-electron chi connectivity index (χ3n) is 2.41. The van der Waals surface area contributed by atoms with Gasteiger partial charge in [0.05, 0.1) is 17.3 Å². The third-order valence-corrected chi connectivity index (χ3v) is 2.97. The number of benzene rings is 1. The minimum absolute atomic E-state index is 0.796. The van der Waals surface area contributed by atoms with E-state index in [0.717, 1.165) is 21.7 Å². The normalized spacial score (nSPS) is 10.1. The van der Waals surface area contributed by atoms with Crippen molar-refractivity contribution in [3.05, 3.63) is 41.3 Å². The van der Waals surface area contributed by atoms with Crippen LogP contribution in [0.3, 0.4) is 0 Å². The predicted octanol–water partition coefficient (Wildman–Crippen LogP) is 3.02. The zero-order chi connectivity index (χ0) is 12.3. The summed E-state index contributed by atoms with van der Waals surface area (Å²) in [6.07, 6.45) is 3.24. The van der Waals surface area contributed by atoms with Crippen molar-refractivity contribution in [3.8, 4) is 5.75 Å². The lowest BCUT2D eigenvalue weighted by atomic mass is 10.2. The van der Waals surface area contributed by atoms with Crippen molar-refractivity contribution >= 4 is 27.4 Å². The van der Waals surface area contributed by atoms with Crippen LogP contribution in [0, 0.1) is 0 Å². The lowest BCUT2D eigenvalue weighted by Gasteiger charge is -2.21. The molecule has 88 valence electrons. The predicted molar refractivity (Wildman–Crippen MR) is 70.8 cm³/mol. The fraction of sp³-hybridized carbons (Fsp3) is 0.167. The molecule has 0 amide bonds. The Bertz CT molecular complexity index is 519. The van der Waals surface area contributed by atoms with Crippen LogP contribution in [0.15, 0.2) is 41.3 Å². The lowest BCUT2D eigenvalue weighted by molar-refractivity contribution is 0.415. The van der Waals surface area contributed by atoms with E-state index in [1.54, 1.807) is 13.3 Å². The third kappa shape index (κ3) is 2.39. The van der Waals surface area contributed by atoms with E-state index in [4.69, 9.17) is 4.74 Å². The zero-order valence-corrected chi connectivity index (χ0v) is 11.2. The van der Waals surface area contributed by atoms with Crippen molar-refractivity contribution in [3.63, 3.8) is 0 Å². The zero-order valence-electron chi connectivity index (χ0n) is 9.59. The molecule has 1 aromatic heterocycles. The van der Waals surface area contributed by atoms with Crippen LogP contribution in [0.5, 0.6) is 5.75 Å². The van der Waals surface area contributed by atoms with Gasteiger partial charge in [-0.15, -0.1) is 0 Å². The van der Waals surface area contributed by atoms with Crippen molar-refractivity contribution in [2.24, 2.45) is 0 Å². The van der Waals surface area contributed by atoms with Crippen LogP contribution >= 0.6 is 15.9 Å². The van der Waals surface area contributed by atoms with E-state index in [1.807, 2.05) is 36.2 Å². The minimum atomic E-state index is 0.796. The number of methoxy groups -OCH3 is 1. The fourth-order valence-corrected chi connectivity index (χ4v) is 2.06. The Labute approximate surface area is 108 Å². The Morgan fingerprint density at radius 2 is 2.06 bits per heavy atom. The largest absolute Gasteiger partial charge is 0.495 e. The van der Waals surface area contributed by atoms with Gasteiger partial charge in [0.2, 0.25) is 0 Å². The van der Waals surface area contributed by atoms with Crippen molar-refractivity contribution in [1.82, 2.24) is 9.97 Å². The second kappa shape index (κ2) is 5.14. The van der Waals surface area contributed by atoms with Gasteiger partial charge >= 0.3 is 0 Å². The molecule has 2 rings (SSSR count). The van der Waals surface area contributed by atoms with E-state index in [9.17, 15) is 0 Å². The summed E-state index contributed by atoms with van der Waals surface area (Å²) in [6.45, 7) is 0. The monoisotopic (exact) mass is 293 g/mol. The van der Waals surface area contributed by atoms with Gasteiger partial charge in [0.25, 0.3) is 0 Å². The highest BCUT2D eigenvalue weighted by Crippen LogP contribution is 2.33. The van der Waals surface area contributed by atoms with Crippen LogP contribution < -0.4 is 9.64 Å². The molecule has 0 aliphatic carbocycles. The van der Waals surface area contributed by atoms with E-state index >= 15 is 0 Å². The first kappa shape index (κ1) is 11.9. The van der Waals surface area contributed by atoms with E-state index < -0.39 is 0 Å². The first-order valence-electron chi connectivity index (χ1n) is 5.06. The van der Waals surface area contributed by atoms with Gasteiger partial charge in [0, 0.05) is 13.2 Å². The molecular weight excluding hydrogens is 282 g/mol. The SMILES string of the molecule is COc1ccccc1N(C)c1ncncc1Br. The molecule has 5 heteroatoms. The Hall–Kier alpha value is -1.62. The average Bonchev–Trinajstić information content (AvgIpc) is 2.38. The number of aromatic nitrogens is 2. The summed E-state index contributed by atoms with van der Waals surface area (Å²) in [5.41, 5.74) is 0.953. The number of ether oxygens (including phenoxy) is 1. The summed E-state index contributed by atoms with van der Waals surface area (Å²) in [7, 11) is 3.59. The lowest BCUT2D eigenvalue weighted by Crippen LogP contribution is -2.13. The number of halogens is 1. The Morgan fingerprint density at radius 1 is 1.29 bits per heavy atom. The number of hydrogen-bond donors (Lipinski definition) is 0. The smallest absolute Gasteiger partial charge is 0.150 e.